The van der Waals surface area contributed by atoms with E-state index in [1.807, 2.05) is 47.4 Å². The molecule has 2 fully saturated rings. The molecule has 0 radical (unpaired) electrons. The van der Waals surface area contributed by atoms with Crippen LogP contribution in [0.15, 0.2) is 42.5 Å². The third-order valence-electron chi connectivity index (χ3n) is 5.70. The van der Waals surface area contributed by atoms with Crippen LogP contribution in [0.3, 0.4) is 0 Å². The van der Waals surface area contributed by atoms with Gasteiger partial charge in [0.15, 0.2) is 0 Å². The first-order valence-electron chi connectivity index (χ1n) is 9.79. The van der Waals surface area contributed by atoms with E-state index < -0.39 is 6.04 Å². The molecule has 1 saturated carbocycles. The second-order valence-electron chi connectivity index (χ2n) is 7.56. The zero-order chi connectivity index (χ0) is 19.5. The van der Waals surface area contributed by atoms with Crippen LogP contribution in [0.4, 0.5) is 10.5 Å². The van der Waals surface area contributed by atoms with Crippen molar-refractivity contribution in [3.63, 3.8) is 0 Å². The molecule has 3 amide bonds. The van der Waals surface area contributed by atoms with Gasteiger partial charge in [-0.1, -0.05) is 36.4 Å². The highest BCUT2D eigenvalue weighted by molar-refractivity contribution is 7.99. The molecule has 2 aromatic rings. The smallest absolute Gasteiger partial charge is 0.319 e. The molecule has 0 aromatic heterocycles. The number of carbonyl (C=O) groups is 2. The van der Waals surface area contributed by atoms with Gasteiger partial charge in [-0.3, -0.25) is 4.79 Å². The lowest BCUT2D eigenvalue weighted by atomic mass is 9.97. The van der Waals surface area contributed by atoms with E-state index >= 15 is 0 Å². The number of hydrogen-bond donors (Lipinski definition) is 3. The van der Waals surface area contributed by atoms with Crippen molar-refractivity contribution < 1.29 is 9.59 Å². The highest BCUT2D eigenvalue weighted by Crippen LogP contribution is 2.29. The monoisotopic (exact) mass is 398 g/mol. The van der Waals surface area contributed by atoms with Crippen molar-refractivity contribution in [2.75, 3.05) is 23.5 Å². The van der Waals surface area contributed by atoms with Gasteiger partial charge in [-0.15, -0.1) is 11.8 Å². The number of urea groups is 1. The first kappa shape index (κ1) is 19.1. The van der Waals surface area contributed by atoms with Gasteiger partial charge in [0.2, 0.25) is 5.91 Å². The van der Waals surface area contributed by atoms with Crippen molar-refractivity contribution in [2.24, 2.45) is 11.7 Å². The molecule has 28 heavy (non-hydrogen) atoms. The summed E-state index contributed by atoms with van der Waals surface area (Å²) < 4.78 is 0. The lowest BCUT2D eigenvalue weighted by Gasteiger charge is -2.24. The molecule has 0 unspecified atom stereocenters. The van der Waals surface area contributed by atoms with E-state index in [0.29, 0.717) is 0 Å². The van der Waals surface area contributed by atoms with Gasteiger partial charge in [-0.05, 0) is 36.6 Å². The van der Waals surface area contributed by atoms with Crippen LogP contribution in [0, 0.1) is 5.92 Å². The average Bonchev–Trinajstić information content (AvgIpc) is 3.39. The molecule has 4 N–H and O–H groups in total. The fraction of sp³-hybridized carbons (Fsp3) is 0.429. The van der Waals surface area contributed by atoms with Crippen molar-refractivity contribution in [3.05, 3.63) is 42.5 Å². The first-order valence-corrected chi connectivity index (χ1v) is 10.9. The van der Waals surface area contributed by atoms with E-state index in [0.717, 1.165) is 53.9 Å². The third-order valence-corrected chi connectivity index (χ3v) is 6.67. The normalized spacial score (nSPS) is 23.0. The largest absolute Gasteiger partial charge is 0.335 e. The highest BCUT2D eigenvalue weighted by atomic mass is 32.2. The molecule has 1 aliphatic carbocycles. The van der Waals surface area contributed by atoms with Gasteiger partial charge in [-0.2, -0.15) is 0 Å². The number of rotatable bonds is 4. The Morgan fingerprint density at radius 1 is 1.14 bits per heavy atom. The van der Waals surface area contributed by atoms with E-state index in [9.17, 15) is 9.59 Å². The van der Waals surface area contributed by atoms with E-state index in [-0.39, 0.29) is 23.9 Å². The fourth-order valence-corrected chi connectivity index (χ4v) is 5.11. The average molecular weight is 399 g/mol. The van der Waals surface area contributed by atoms with Crippen LogP contribution in [0.5, 0.6) is 0 Å². The molecule has 1 aliphatic heterocycles. The topological polar surface area (TPSA) is 87.5 Å². The molecule has 4 rings (SSSR count). The number of fused-ring (bicyclic) bond motifs is 1. The number of anilines is 1. The predicted molar refractivity (Wildman–Crippen MR) is 114 cm³/mol. The zero-order valence-corrected chi connectivity index (χ0v) is 16.6. The standard InChI is InChI=1S/C21H26N4O2S/c22-19(20(26)25-10-11-28-13-25)15-8-9-16(12-15)23-21(27)24-18-7-3-5-14-4-1-2-6-17(14)18/h1-7,15-16,19H,8-13,22H2,(H2,23,24,27)/t15-,16-,19-/m0/s1. The second-order valence-corrected chi connectivity index (χ2v) is 8.63. The lowest BCUT2D eigenvalue weighted by molar-refractivity contribution is -0.132. The van der Waals surface area contributed by atoms with Crippen molar-refractivity contribution >= 4 is 40.2 Å². The van der Waals surface area contributed by atoms with Crippen LogP contribution in [0.1, 0.15) is 19.3 Å². The number of thioether (sulfide) groups is 1. The number of nitrogens with two attached hydrogens (primary N) is 1. The Bertz CT molecular complexity index is 863. The Kier molecular flexibility index (Phi) is 5.73. The van der Waals surface area contributed by atoms with Crippen molar-refractivity contribution in [2.45, 2.75) is 31.3 Å². The van der Waals surface area contributed by atoms with Gasteiger partial charge in [-0.25, -0.2) is 4.79 Å². The molecule has 0 bridgehead atoms. The van der Waals surface area contributed by atoms with Gasteiger partial charge in [0.05, 0.1) is 17.6 Å². The Balaban J connectivity index is 1.32. The summed E-state index contributed by atoms with van der Waals surface area (Å²) in [4.78, 5) is 26.9. The highest BCUT2D eigenvalue weighted by Gasteiger charge is 2.35. The maximum Gasteiger partial charge on any atom is 0.319 e. The molecule has 1 heterocycles. The lowest BCUT2D eigenvalue weighted by Crippen LogP contribution is -2.46. The minimum absolute atomic E-state index is 0.0479. The van der Waals surface area contributed by atoms with Gasteiger partial charge < -0.3 is 21.3 Å². The molecule has 3 atom stereocenters. The number of amides is 3. The predicted octanol–water partition coefficient (Wildman–Crippen LogP) is 2.99. The summed E-state index contributed by atoms with van der Waals surface area (Å²) in [6.45, 7) is 0.791. The van der Waals surface area contributed by atoms with Crippen LogP contribution in [-0.4, -0.2) is 47.1 Å². The summed E-state index contributed by atoms with van der Waals surface area (Å²) in [7, 11) is 0. The molecular formula is C21H26N4O2S. The molecule has 2 aliphatic rings. The van der Waals surface area contributed by atoms with Crippen LogP contribution in [0.2, 0.25) is 0 Å². The molecule has 148 valence electrons. The van der Waals surface area contributed by atoms with E-state index in [2.05, 4.69) is 10.6 Å². The van der Waals surface area contributed by atoms with Gasteiger partial charge in [0, 0.05) is 23.7 Å². The Morgan fingerprint density at radius 2 is 1.96 bits per heavy atom. The molecule has 7 heteroatoms. The van der Waals surface area contributed by atoms with E-state index in [1.54, 1.807) is 11.8 Å². The summed E-state index contributed by atoms with van der Waals surface area (Å²) in [6, 6.07) is 13.2. The summed E-state index contributed by atoms with van der Waals surface area (Å²) in [5.74, 6) is 1.91. The van der Waals surface area contributed by atoms with Crippen molar-refractivity contribution in [1.82, 2.24) is 10.2 Å². The Labute approximate surface area is 169 Å². The number of nitrogens with zero attached hydrogens (tertiary/aromatic N) is 1. The van der Waals surface area contributed by atoms with Gasteiger partial charge >= 0.3 is 6.03 Å². The SMILES string of the molecule is N[C@H](C(=O)N1CCSC1)[C@H]1CC[C@H](NC(=O)Nc2cccc3ccccc23)C1. The van der Waals surface area contributed by atoms with E-state index in [4.69, 9.17) is 5.73 Å². The van der Waals surface area contributed by atoms with Crippen LogP contribution < -0.4 is 16.4 Å². The van der Waals surface area contributed by atoms with Gasteiger partial charge in [0.25, 0.3) is 0 Å². The maximum atomic E-state index is 12.5. The Morgan fingerprint density at radius 3 is 2.79 bits per heavy atom. The van der Waals surface area contributed by atoms with Crippen LogP contribution in [0.25, 0.3) is 10.8 Å². The molecule has 1 saturated heterocycles. The quantitative estimate of drug-likeness (QED) is 0.739. The van der Waals surface area contributed by atoms with Gasteiger partial charge in [0.1, 0.15) is 0 Å². The van der Waals surface area contributed by atoms with Crippen LogP contribution >= 0.6 is 11.8 Å². The number of carbonyl (C=O) groups excluding carboxylic acids is 2. The summed E-state index contributed by atoms with van der Waals surface area (Å²) in [5, 5.41) is 8.12. The molecule has 6 nitrogen and oxygen atoms in total. The van der Waals surface area contributed by atoms with Crippen LogP contribution in [-0.2, 0) is 4.79 Å². The maximum absolute atomic E-state index is 12.5. The molecular weight excluding hydrogens is 372 g/mol. The number of hydrogen-bond acceptors (Lipinski definition) is 4. The number of nitrogens with one attached hydrogen (secondary N) is 2. The molecule has 2 aromatic carbocycles. The molecule has 0 spiro atoms. The zero-order valence-electron chi connectivity index (χ0n) is 15.8. The van der Waals surface area contributed by atoms with Crippen molar-refractivity contribution in [3.8, 4) is 0 Å². The first-order chi connectivity index (χ1) is 13.6. The Hall–Kier alpha value is -2.25. The second kappa shape index (κ2) is 8.41. The summed E-state index contributed by atoms with van der Waals surface area (Å²) in [6.07, 6.45) is 2.47. The minimum atomic E-state index is -0.466. The minimum Gasteiger partial charge on any atom is -0.335 e. The fourth-order valence-electron chi connectivity index (χ4n) is 4.15. The summed E-state index contributed by atoms with van der Waals surface area (Å²) in [5.41, 5.74) is 7.05. The number of benzene rings is 2. The van der Waals surface area contributed by atoms with Crippen molar-refractivity contribution in [1.29, 1.82) is 0 Å². The summed E-state index contributed by atoms with van der Waals surface area (Å²) >= 11 is 1.77. The van der Waals surface area contributed by atoms with E-state index in [1.165, 1.54) is 0 Å². The third kappa shape index (κ3) is 4.10.